The Kier molecular flexibility index (Phi) is 6.68. The molecule has 0 bridgehead atoms. The number of benzene rings is 2. The number of hydrogen-bond acceptors (Lipinski definition) is 4. The van der Waals surface area contributed by atoms with Crippen LogP contribution in [0.3, 0.4) is 0 Å². The molecule has 0 saturated heterocycles. The Balaban J connectivity index is 1.58. The number of rotatable bonds is 7. The van der Waals surface area contributed by atoms with E-state index in [0.29, 0.717) is 6.54 Å². The van der Waals surface area contributed by atoms with E-state index in [1.165, 1.54) is 23.4 Å². The first-order chi connectivity index (χ1) is 16.3. The van der Waals surface area contributed by atoms with Gasteiger partial charge < -0.3 is 15.2 Å². The summed E-state index contributed by atoms with van der Waals surface area (Å²) in [5, 5.41) is 2.21. The van der Waals surface area contributed by atoms with Gasteiger partial charge in [0.05, 0.1) is 29.1 Å². The van der Waals surface area contributed by atoms with Crippen LogP contribution in [-0.2, 0) is 20.0 Å². The van der Waals surface area contributed by atoms with Gasteiger partial charge in [-0.05, 0) is 66.8 Å². The number of aromatic nitrogens is 2. The maximum atomic E-state index is 13.1. The van der Waals surface area contributed by atoms with Gasteiger partial charge in [0, 0.05) is 37.8 Å². The van der Waals surface area contributed by atoms with Crippen LogP contribution in [0.4, 0.5) is 10.1 Å². The van der Waals surface area contributed by atoms with Crippen molar-refractivity contribution in [1.29, 1.82) is 0 Å². The summed E-state index contributed by atoms with van der Waals surface area (Å²) >= 11 is 0. The number of fused-ring (bicyclic) bond motifs is 1. The fourth-order valence-corrected chi connectivity index (χ4v) is 4.39. The van der Waals surface area contributed by atoms with Crippen molar-refractivity contribution < 1.29 is 4.39 Å². The van der Waals surface area contributed by atoms with Crippen molar-refractivity contribution in [3.05, 3.63) is 88.2 Å². The first-order valence-corrected chi connectivity index (χ1v) is 11.6. The zero-order valence-electron chi connectivity index (χ0n) is 20.3. The summed E-state index contributed by atoms with van der Waals surface area (Å²) in [7, 11) is 4.19. The number of imidazole rings is 1. The SMILES string of the molecule is CCc1cc(/C(C=NCc2ccc(F)cc2)=C/N)ccc1N(C)C1(C)C=c2c(ncn2C)=CC1. The van der Waals surface area contributed by atoms with Crippen LogP contribution >= 0.6 is 0 Å². The van der Waals surface area contributed by atoms with Crippen molar-refractivity contribution >= 4 is 29.6 Å². The zero-order valence-corrected chi connectivity index (χ0v) is 20.3. The normalized spacial score (nSPS) is 17.9. The summed E-state index contributed by atoms with van der Waals surface area (Å²) in [6, 6.07) is 12.8. The maximum absolute atomic E-state index is 13.1. The molecule has 4 rings (SSSR count). The first kappa shape index (κ1) is 23.5. The molecule has 5 nitrogen and oxygen atoms in total. The van der Waals surface area contributed by atoms with Crippen LogP contribution in [0.1, 0.15) is 37.0 Å². The van der Waals surface area contributed by atoms with E-state index in [9.17, 15) is 4.39 Å². The average Bonchev–Trinajstić information content (AvgIpc) is 3.21. The van der Waals surface area contributed by atoms with Gasteiger partial charge in [0.1, 0.15) is 5.82 Å². The molecule has 34 heavy (non-hydrogen) atoms. The van der Waals surface area contributed by atoms with E-state index in [4.69, 9.17) is 5.73 Å². The quantitative estimate of drug-likeness (QED) is 0.552. The third-order valence-corrected chi connectivity index (χ3v) is 6.69. The molecule has 2 aromatic carbocycles. The molecule has 2 N–H and O–H groups in total. The summed E-state index contributed by atoms with van der Waals surface area (Å²) < 4.78 is 15.2. The number of allylic oxidation sites excluding steroid dienone is 1. The van der Waals surface area contributed by atoms with Crippen LogP contribution < -0.4 is 21.3 Å². The van der Waals surface area contributed by atoms with Crippen molar-refractivity contribution in [3.63, 3.8) is 0 Å². The van der Waals surface area contributed by atoms with E-state index in [0.717, 1.165) is 40.2 Å². The predicted molar refractivity (Wildman–Crippen MR) is 139 cm³/mol. The van der Waals surface area contributed by atoms with Gasteiger partial charge >= 0.3 is 0 Å². The number of hydrogen-bond donors (Lipinski definition) is 1. The Morgan fingerprint density at radius 1 is 1.26 bits per heavy atom. The molecule has 0 amide bonds. The average molecular weight is 458 g/mol. The number of nitrogens with zero attached hydrogens (tertiary/aromatic N) is 4. The summed E-state index contributed by atoms with van der Waals surface area (Å²) in [4.78, 5) is 11.4. The lowest BCUT2D eigenvalue weighted by atomic mass is 9.90. The molecule has 1 aliphatic rings. The van der Waals surface area contributed by atoms with Gasteiger partial charge in [-0.1, -0.05) is 31.2 Å². The molecule has 1 unspecified atom stereocenters. The van der Waals surface area contributed by atoms with Gasteiger partial charge in [-0.25, -0.2) is 9.37 Å². The first-order valence-electron chi connectivity index (χ1n) is 11.6. The van der Waals surface area contributed by atoms with Crippen LogP contribution in [0.25, 0.3) is 17.7 Å². The van der Waals surface area contributed by atoms with E-state index in [-0.39, 0.29) is 11.4 Å². The topological polar surface area (TPSA) is 59.4 Å². The summed E-state index contributed by atoms with van der Waals surface area (Å²) in [6.07, 6.45) is 11.6. The third-order valence-electron chi connectivity index (χ3n) is 6.69. The van der Waals surface area contributed by atoms with Crippen LogP contribution in [0.5, 0.6) is 0 Å². The highest BCUT2D eigenvalue weighted by molar-refractivity contribution is 6.09. The highest BCUT2D eigenvalue weighted by Gasteiger charge is 2.29. The molecule has 176 valence electrons. The highest BCUT2D eigenvalue weighted by atomic mass is 19.1. The number of aliphatic imine (C=N–C) groups is 1. The molecule has 0 fully saturated rings. The number of anilines is 1. The van der Waals surface area contributed by atoms with Crippen LogP contribution in [0.15, 0.2) is 60.0 Å². The van der Waals surface area contributed by atoms with Crippen molar-refractivity contribution in [3.8, 4) is 0 Å². The Labute approximate surface area is 200 Å². The van der Waals surface area contributed by atoms with Gasteiger partial charge in [0.25, 0.3) is 0 Å². The number of nitrogens with two attached hydrogens (primary N) is 1. The second kappa shape index (κ2) is 9.67. The van der Waals surface area contributed by atoms with E-state index >= 15 is 0 Å². The zero-order chi connectivity index (χ0) is 24.3. The van der Waals surface area contributed by atoms with Crippen LogP contribution in [-0.4, -0.2) is 28.4 Å². The van der Waals surface area contributed by atoms with Crippen molar-refractivity contribution in [1.82, 2.24) is 9.55 Å². The Bertz CT molecular complexity index is 1350. The van der Waals surface area contributed by atoms with Gasteiger partial charge in [-0.3, -0.25) is 4.99 Å². The standard InChI is InChI=1S/C28H32FN5/c1-5-21-14-22(23(16-30)18-31-17-20-6-9-24(29)10-7-20)8-11-26(21)34(4)28(2)13-12-25-27(15-28)33(3)19-32-25/h6-12,14-16,18-19H,5,13,17,30H2,1-4H3/b23-16+,31-18?. The second-order valence-corrected chi connectivity index (χ2v) is 9.01. The van der Waals surface area contributed by atoms with Crippen molar-refractivity contribution in [2.45, 2.75) is 38.8 Å². The van der Waals surface area contributed by atoms with Gasteiger partial charge in [0.2, 0.25) is 0 Å². The molecular weight excluding hydrogens is 425 g/mol. The van der Waals surface area contributed by atoms with Gasteiger partial charge in [0.15, 0.2) is 0 Å². The second-order valence-electron chi connectivity index (χ2n) is 9.01. The molecule has 3 aromatic rings. The molecule has 0 saturated carbocycles. The lowest BCUT2D eigenvalue weighted by Crippen LogP contribution is -2.48. The monoisotopic (exact) mass is 457 g/mol. The van der Waals surface area contributed by atoms with Crippen LogP contribution in [0.2, 0.25) is 0 Å². The Hall–Kier alpha value is -3.67. The molecule has 0 spiro atoms. The molecule has 1 heterocycles. The maximum Gasteiger partial charge on any atom is 0.123 e. The largest absolute Gasteiger partial charge is 0.404 e. The smallest absolute Gasteiger partial charge is 0.123 e. The summed E-state index contributed by atoms with van der Waals surface area (Å²) in [5.74, 6) is -0.245. The summed E-state index contributed by atoms with van der Waals surface area (Å²) in [5.41, 5.74) is 11.1. The lowest BCUT2D eigenvalue weighted by Gasteiger charge is -2.39. The molecular formula is C28H32FN5. The van der Waals surface area contributed by atoms with E-state index in [1.807, 2.05) is 13.4 Å². The number of halogens is 1. The molecule has 1 aliphatic carbocycles. The Morgan fingerprint density at radius 2 is 2.03 bits per heavy atom. The fraction of sp³-hybridized carbons (Fsp3) is 0.286. The minimum atomic E-state index is -0.245. The molecule has 1 atom stereocenters. The van der Waals surface area contributed by atoms with E-state index in [1.54, 1.807) is 24.5 Å². The molecule has 0 radical (unpaired) electrons. The van der Waals surface area contributed by atoms with Crippen molar-refractivity contribution in [2.24, 2.45) is 17.8 Å². The number of aryl methyl sites for hydroxylation is 2. The lowest BCUT2D eigenvalue weighted by molar-refractivity contribution is 0.586. The minimum absolute atomic E-state index is 0.157. The van der Waals surface area contributed by atoms with E-state index < -0.39 is 0 Å². The highest BCUT2D eigenvalue weighted by Crippen LogP contribution is 2.32. The van der Waals surface area contributed by atoms with E-state index in [2.05, 4.69) is 70.7 Å². The fourth-order valence-electron chi connectivity index (χ4n) is 4.39. The molecule has 0 aliphatic heterocycles. The molecule has 1 aromatic heterocycles. The van der Waals surface area contributed by atoms with Crippen molar-refractivity contribution in [2.75, 3.05) is 11.9 Å². The predicted octanol–water partition coefficient (Wildman–Crippen LogP) is 3.55. The van der Waals surface area contributed by atoms with Gasteiger partial charge in [-0.15, -0.1) is 0 Å². The minimum Gasteiger partial charge on any atom is -0.404 e. The van der Waals surface area contributed by atoms with Gasteiger partial charge in [-0.2, -0.15) is 0 Å². The third kappa shape index (κ3) is 4.67. The summed E-state index contributed by atoms with van der Waals surface area (Å²) in [6.45, 7) is 4.91. The van der Waals surface area contributed by atoms with Crippen LogP contribution in [0, 0.1) is 5.82 Å². The Morgan fingerprint density at radius 3 is 2.74 bits per heavy atom. The molecule has 6 heteroatoms.